The molecule has 25 heavy (non-hydrogen) atoms. The van der Waals surface area contributed by atoms with Crippen LogP contribution in [0.4, 0.5) is 0 Å². The zero-order valence-corrected chi connectivity index (χ0v) is 15.1. The minimum absolute atomic E-state index is 0.0637. The SMILES string of the molecule is CC[C@@H](C)C(=O)N1CCC[C@@H](c2nc(-c3cccc(OC)c3)no2)C1. The van der Waals surface area contributed by atoms with Gasteiger partial charge in [-0.25, -0.2) is 0 Å². The molecule has 1 fully saturated rings. The number of rotatable bonds is 5. The summed E-state index contributed by atoms with van der Waals surface area (Å²) in [6.45, 7) is 5.50. The Morgan fingerprint density at radius 1 is 1.48 bits per heavy atom. The van der Waals surface area contributed by atoms with Crippen LogP contribution in [0, 0.1) is 5.92 Å². The maximum absolute atomic E-state index is 12.4. The van der Waals surface area contributed by atoms with Crippen molar-refractivity contribution >= 4 is 5.91 Å². The lowest BCUT2D eigenvalue weighted by Gasteiger charge is -2.32. The Balaban J connectivity index is 1.74. The molecule has 0 N–H and O–H groups in total. The van der Waals surface area contributed by atoms with Gasteiger partial charge in [0.05, 0.1) is 13.0 Å². The number of ether oxygens (including phenoxy) is 1. The Hall–Kier alpha value is -2.37. The highest BCUT2D eigenvalue weighted by atomic mass is 16.5. The molecule has 1 amide bonds. The number of methoxy groups -OCH3 is 1. The molecule has 1 aliphatic heterocycles. The molecule has 2 aromatic rings. The predicted octanol–water partition coefficient (Wildman–Crippen LogP) is 3.50. The number of amides is 1. The highest BCUT2D eigenvalue weighted by molar-refractivity contribution is 5.78. The number of hydrogen-bond donors (Lipinski definition) is 0. The van der Waals surface area contributed by atoms with Crippen molar-refractivity contribution in [2.75, 3.05) is 20.2 Å². The molecule has 2 heterocycles. The second-order valence-corrected chi connectivity index (χ2v) is 6.62. The molecule has 0 bridgehead atoms. The summed E-state index contributed by atoms with van der Waals surface area (Å²) in [5.41, 5.74) is 0.859. The molecule has 6 nitrogen and oxygen atoms in total. The second kappa shape index (κ2) is 7.68. The zero-order valence-electron chi connectivity index (χ0n) is 15.1. The number of piperidine rings is 1. The number of carbonyl (C=O) groups excluding carboxylic acids is 1. The smallest absolute Gasteiger partial charge is 0.231 e. The summed E-state index contributed by atoms with van der Waals surface area (Å²) in [5.74, 6) is 2.31. The second-order valence-electron chi connectivity index (χ2n) is 6.62. The molecule has 1 saturated heterocycles. The first kappa shape index (κ1) is 17.5. The van der Waals surface area contributed by atoms with Gasteiger partial charge in [-0.1, -0.05) is 31.1 Å². The average molecular weight is 343 g/mol. The van der Waals surface area contributed by atoms with Gasteiger partial charge in [0.2, 0.25) is 17.6 Å². The van der Waals surface area contributed by atoms with Gasteiger partial charge in [-0.05, 0) is 31.4 Å². The first-order chi connectivity index (χ1) is 12.1. The summed E-state index contributed by atoms with van der Waals surface area (Å²) in [7, 11) is 1.63. The third kappa shape index (κ3) is 3.83. The highest BCUT2D eigenvalue weighted by Crippen LogP contribution is 2.29. The van der Waals surface area contributed by atoms with Crippen LogP contribution in [0.15, 0.2) is 28.8 Å². The predicted molar refractivity (Wildman–Crippen MR) is 94.3 cm³/mol. The van der Waals surface area contributed by atoms with Gasteiger partial charge in [0.1, 0.15) is 5.75 Å². The largest absolute Gasteiger partial charge is 0.497 e. The van der Waals surface area contributed by atoms with E-state index in [1.165, 1.54) is 0 Å². The van der Waals surface area contributed by atoms with Crippen LogP contribution in [0.25, 0.3) is 11.4 Å². The lowest BCUT2D eigenvalue weighted by Crippen LogP contribution is -2.41. The van der Waals surface area contributed by atoms with Crippen LogP contribution in [0.2, 0.25) is 0 Å². The van der Waals surface area contributed by atoms with Gasteiger partial charge in [-0.3, -0.25) is 4.79 Å². The van der Waals surface area contributed by atoms with Crippen molar-refractivity contribution in [1.29, 1.82) is 0 Å². The monoisotopic (exact) mass is 343 g/mol. The fraction of sp³-hybridized carbons (Fsp3) is 0.526. The van der Waals surface area contributed by atoms with Crippen molar-refractivity contribution in [2.45, 2.75) is 39.0 Å². The Bertz CT molecular complexity index is 728. The highest BCUT2D eigenvalue weighted by Gasteiger charge is 2.30. The van der Waals surface area contributed by atoms with Gasteiger partial charge < -0.3 is 14.2 Å². The van der Waals surface area contributed by atoms with Crippen LogP contribution in [0.3, 0.4) is 0 Å². The van der Waals surface area contributed by atoms with Crippen LogP contribution < -0.4 is 4.74 Å². The molecule has 2 atom stereocenters. The summed E-state index contributed by atoms with van der Waals surface area (Å²) < 4.78 is 10.7. The van der Waals surface area contributed by atoms with E-state index in [1.807, 2.05) is 43.0 Å². The van der Waals surface area contributed by atoms with Crippen LogP contribution in [0.5, 0.6) is 5.75 Å². The molecule has 1 aromatic carbocycles. The molecule has 3 rings (SSSR count). The van der Waals surface area contributed by atoms with Gasteiger partial charge in [-0.2, -0.15) is 4.98 Å². The first-order valence-corrected chi connectivity index (χ1v) is 8.89. The fourth-order valence-corrected chi connectivity index (χ4v) is 3.15. The maximum Gasteiger partial charge on any atom is 0.231 e. The summed E-state index contributed by atoms with van der Waals surface area (Å²) in [4.78, 5) is 19.0. The number of likely N-dealkylation sites (tertiary alicyclic amines) is 1. The van der Waals surface area contributed by atoms with Gasteiger partial charge >= 0.3 is 0 Å². The summed E-state index contributed by atoms with van der Waals surface area (Å²) in [5, 5.41) is 4.11. The number of aromatic nitrogens is 2. The average Bonchev–Trinajstić information content (AvgIpc) is 3.17. The molecule has 1 aliphatic rings. The van der Waals surface area contributed by atoms with Crippen molar-refractivity contribution < 1.29 is 14.1 Å². The molecule has 6 heteroatoms. The summed E-state index contributed by atoms with van der Waals surface area (Å²) in [6.07, 6.45) is 2.79. The lowest BCUT2D eigenvalue weighted by molar-refractivity contribution is -0.136. The van der Waals surface area contributed by atoms with E-state index in [9.17, 15) is 4.79 Å². The Morgan fingerprint density at radius 2 is 2.32 bits per heavy atom. The summed E-state index contributed by atoms with van der Waals surface area (Å²) in [6, 6.07) is 7.59. The van der Waals surface area contributed by atoms with E-state index < -0.39 is 0 Å². The fourth-order valence-electron chi connectivity index (χ4n) is 3.15. The van der Waals surface area contributed by atoms with Crippen molar-refractivity contribution in [2.24, 2.45) is 5.92 Å². The first-order valence-electron chi connectivity index (χ1n) is 8.89. The Labute approximate surface area is 148 Å². The molecule has 0 saturated carbocycles. The van der Waals surface area contributed by atoms with E-state index in [-0.39, 0.29) is 17.7 Å². The van der Waals surface area contributed by atoms with Gasteiger partial charge in [0.25, 0.3) is 0 Å². The topological polar surface area (TPSA) is 68.5 Å². The Morgan fingerprint density at radius 3 is 3.08 bits per heavy atom. The standard InChI is InChI=1S/C19H25N3O3/c1-4-13(2)19(23)22-10-6-8-15(12-22)18-20-17(21-25-18)14-7-5-9-16(11-14)24-3/h5,7,9,11,13,15H,4,6,8,10,12H2,1-3H3/t13-,15-/m1/s1. The minimum Gasteiger partial charge on any atom is -0.497 e. The van der Waals surface area contributed by atoms with Crippen molar-refractivity contribution in [3.8, 4) is 17.1 Å². The van der Waals surface area contributed by atoms with E-state index >= 15 is 0 Å². The van der Waals surface area contributed by atoms with Crippen LogP contribution in [0.1, 0.15) is 44.9 Å². The van der Waals surface area contributed by atoms with Gasteiger partial charge in [0.15, 0.2) is 0 Å². The Kier molecular flexibility index (Phi) is 5.36. The molecule has 134 valence electrons. The van der Waals surface area contributed by atoms with E-state index in [2.05, 4.69) is 10.1 Å². The van der Waals surface area contributed by atoms with Gasteiger partial charge in [-0.15, -0.1) is 0 Å². The molecule has 0 spiro atoms. The quantitative estimate of drug-likeness (QED) is 0.831. The summed E-state index contributed by atoms with van der Waals surface area (Å²) >= 11 is 0. The number of hydrogen-bond acceptors (Lipinski definition) is 5. The molecule has 0 unspecified atom stereocenters. The van der Waals surface area contributed by atoms with E-state index in [0.717, 1.165) is 37.1 Å². The van der Waals surface area contributed by atoms with E-state index in [1.54, 1.807) is 7.11 Å². The number of nitrogens with zero attached hydrogens (tertiary/aromatic N) is 3. The molecule has 1 aromatic heterocycles. The number of benzene rings is 1. The van der Waals surface area contributed by atoms with Gasteiger partial charge in [0, 0.05) is 24.6 Å². The van der Waals surface area contributed by atoms with Crippen molar-refractivity contribution in [3.63, 3.8) is 0 Å². The number of carbonyl (C=O) groups is 1. The zero-order chi connectivity index (χ0) is 17.8. The van der Waals surface area contributed by atoms with Crippen LogP contribution in [-0.4, -0.2) is 41.1 Å². The van der Waals surface area contributed by atoms with Crippen LogP contribution >= 0.6 is 0 Å². The van der Waals surface area contributed by atoms with Crippen LogP contribution in [-0.2, 0) is 4.79 Å². The maximum atomic E-state index is 12.4. The van der Waals surface area contributed by atoms with E-state index in [0.29, 0.717) is 18.3 Å². The molecular weight excluding hydrogens is 318 g/mol. The third-order valence-electron chi connectivity index (χ3n) is 4.89. The third-order valence-corrected chi connectivity index (χ3v) is 4.89. The minimum atomic E-state index is 0.0637. The normalized spacial score (nSPS) is 18.8. The lowest BCUT2D eigenvalue weighted by atomic mass is 9.96. The molecule has 0 radical (unpaired) electrons. The molecule has 0 aliphatic carbocycles. The molecular formula is C19H25N3O3. The van der Waals surface area contributed by atoms with E-state index in [4.69, 9.17) is 9.26 Å². The van der Waals surface area contributed by atoms with Crippen molar-refractivity contribution in [3.05, 3.63) is 30.2 Å². The van der Waals surface area contributed by atoms with Crippen molar-refractivity contribution in [1.82, 2.24) is 15.0 Å².